The number of aldehydes is 1. The molecule has 1 unspecified atom stereocenters. The minimum Gasteiger partial charge on any atom is -0.367 e. The number of hydrogen-bond donors (Lipinski definition) is 1. The van der Waals surface area contributed by atoms with Gasteiger partial charge in [-0.15, -0.1) is 0 Å². The Balaban J connectivity index is 2.02. The number of rotatable bonds is 6. The molecule has 0 fully saturated rings. The average molecular weight is 304 g/mol. The van der Waals surface area contributed by atoms with Crippen molar-refractivity contribution in [1.29, 1.82) is 0 Å². The van der Waals surface area contributed by atoms with Crippen LogP contribution in [0, 0.1) is 6.92 Å². The monoisotopic (exact) mass is 303 g/mol. The van der Waals surface area contributed by atoms with E-state index in [4.69, 9.17) is 11.6 Å². The van der Waals surface area contributed by atoms with Gasteiger partial charge in [0.2, 0.25) is 0 Å². The van der Waals surface area contributed by atoms with Gasteiger partial charge in [-0.3, -0.25) is 4.79 Å². The molecular weight excluding hydrogens is 286 g/mol. The summed E-state index contributed by atoms with van der Waals surface area (Å²) < 4.78 is 0. The highest BCUT2D eigenvalue weighted by Crippen LogP contribution is 2.20. The third-order valence-electron chi connectivity index (χ3n) is 3.22. The second-order valence-electron chi connectivity index (χ2n) is 5.01. The van der Waals surface area contributed by atoms with E-state index in [0.717, 1.165) is 12.8 Å². The van der Waals surface area contributed by atoms with Crippen molar-refractivity contribution in [3.63, 3.8) is 0 Å². The molecule has 0 spiro atoms. The van der Waals surface area contributed by atoms with E-state index in [0.29, 0.717) is 23.5 Å². The van der Waals surface area contributed by atoms with Crippen LogP contribution in [0.15, 0.2) is 30.3 Å². The zero-order chi connectivity index (χ0) is 15.2. The highest BCUT2D eigenvalue weighted by Gasteiger charge is 2.13. The third-order valence-corrected chi connectivity index (χ3v) is 3.51. The molecule has 2 aromatic rings. The minimum absolute atomic E-state index is 0.175. The first-order chi connectivity index (χ1) is 10.1. The molecule has 0 amide bonds. The lowest BCUT2D eigenvalue weighted by atomic mass is 10.1. The highest BCUT2D eigenvalue weighted by atomic mass is 35.5. The van der Waals surface area contributed by atoms with Gasteiger partial charge in [0.05, 0.1) is 5.56 Å². The molecule has 0 bridgehead atoms. The van der Waals surface area contributed by atoms with Gasteiger partial charge in [0.15, 0.2) is 6.29 Å². The number of carbonyl (C=O) groups excluding carboxylic acids is 1. The van der Waals surface area contributed by atoms with Crippen molar-refractivity contribution in [2.24, 2.45) is 0 Å². The summed E-state index contributed by atoms with van der Waals surface area (Å²) in [7, 11) is 0. The number of anilines is 1. The van der Waals surface area contributed by atoms with Crippen molar-refractivity contribution < 1.29 is 4.79 Å². The normalized spacial score (nSPS) is 12.0. The van der Waals surface area contributed by atoms with Gasteiger partial charge in [-0.25, -0.2) is 9.97 Å². The Bertz CT molecular complexity index is 616. The lowest BCUT2D eigenvalue weighted by Gasteiger charge is -2.16. The summed E-state index contributed by atoms with van der Waals surface area (Å²) in [4.78, 5) is 19.4. The van der Waals surface area contributed by atoms with Crippen molar-refractivity contribution >= 4 is 23.7 Å². The molecule has 21 heavy (non-hydrogen) atoms. The Hall–Kier alpha value is -1.94. The quantitative estimate of drug-likeness (QED) is 0.653. The summed E-state index contributed by atoms with van der Waals surface area (Å²) in [6, 6.07) is 10.5. The van der Waals surface area contributed by atoms with E-state index in [1.54, 1.807) is 6.92 Å². The Morgan fingerprint density at radius 3 is 2.67 bits per heavy atom. The lowest BCUT2D eigenvalue weighted by molar-refractivity contribution is 0.112. The summed E-state index contributed by atoms with van der Waals surface area (Å²) in [6.07, 6.45) is 2.58. The van der Waals surface area contributed by atoms with Crippen LogP contribution >= 0.6 is 11.6 Å². The van der Waals surface area contributed by atoms with Crippen LogP contribution in [0.3, 0.4) is 0 Å². The predicted molar refractivity (Wildman–Crippen MR) is 85.0 cm³/mol. The largest absolute Gasteiger partial charge is 0.367 e. The van der Waals surface area contributed by atoms with Crippen LogP contribution in [0.1, 0.15) is 35.1 Å². The molecular formula is C16H18ClN3O. The fraction of sp³-hybridized carbons (Fsp3) is 0.312. The molecule has 0 saturated heterocycles. The molecule has 0 aliphatic carbocycles. The Morgan fingerprint density at radius 1 is 1.29 bits per heavy atom. The number of hydrogen-bond acceptors (Lipinski definition) is 4. The molecule has 5 heteroatoms. The van der Waals surface area contributed by atoms with Crippen molar-refractivity contribution in [3.8, 4) is 0 Å². The average Bonchev–Trinajstić information content (AvgIpc) is 2.46. The zero-order valence-corrected chi connectivity index (χ0v) is 12.9. The van der Waals surface area contributed by atoms with Gasteiger partial charge in [0.25, 0.3) is 0 Å². The lowest BCUT2D eigenvalue weighted by Crippen LogP contribution is -2.19. The molecule has 0 aliphatic heterocycles. The summed E-state index contributed by atoms with van der Waals surface area (Å²) in [5.74, 6) is 1.05. The summed E-state index contributed by atoms with van der Waals surface area (Å²) in [5.41, 5.74) is 1.60. The molecule has 1 heterocycles. The molecule has 2 rings (SSSR count). The second-order valence-corrected chi connectivity index (χ2v) is 5.37. The van der Waals surface area contributed by atoms with E-state index in [-0.39, 0.29) is 11.2 Å². The van der Waals surface area contributed by atoms with Crippen LogP contribution in [-0.4, -0.2) is 22.3 Å². The van der Waals surface area contributed by atoms with Crippen LogP contribution in [0.2, 0.25) is 5.15 Å². The number of halogens is 1. The molecule has 1 atom stereocenters. The maximum atomic E-state index is 11.1. The molecule has 1 aromatic carbocycles. The fourth-order valence-corrected chi connectivity index (χ4v) is 2.35. The van der Waals surface area contributed by atoms with E-state index in [1.807, 2.05) is 18.2 Å². The molecule has 4 nitrogen and oxygen atoms in total. The molecule has 110 valence electrons. The van der Waals surface area contributed by atoms with Crippen LogP contribution in [0.25, 0.3) is 0 Å². The Kier molecular flexibility index (Phi) is 5.28. The summed E-state index contributed by atoms with van der Waals surface area (Å²) >= 11 is 5.97. The smallest absolute Gasteiger partial charge is 0.156 e. The number of aromatic nitrogens is 2. The van der Waals surface area contributed by atoms with Gasteiger partial charge >= 0.3 is 0 Å². The Morgan fingerprint density at radius 2 is 2.00 bits per heavy atom. The van der Waals surface area contributed by atoms with Gasteiger partial charge < -0.3 is 5.32 Å². The molecule has 0 aliphatic rings. The van der Waals surface area contributed by atoms with E-state index in [2.05, 4.69) is 34.3 Å². The number of carbonyl (C=O) groups is 1. The first kappa shape index (κ1) is 15.4. The van der Waals surface area contributed by atoms with E-state index in [9.17, 15) is 4.79 Å². The van der Waals surface area contributed by atoms with Gasteiger partial charge in [-0.2, -0.15) is 0 Å². The molecule has 0 radical (unpaired) electrons. The fourth-order valence-electron chi connectivity index (χ4n) is 2.09. The first-order valence-corrected chi connectivity index (χ1v) is 7.27. The number of aryl methyl sites for hydroxylation is 2. The number of benzene rings is 1. The zero-order valence-electron chi connectivity index (χ0n) is 12.1. The molecule has 1 aromatic heterocycles. The van der Waals surface area contributed by atoms with Crippen LogP contribution in [-0.2, 0) is 6.42 Å². The Labute approximate surface area is 129 Å². The van der Waals surface area contributed by atoms with Gasteiger partial charge in [0, 0.05) is 6.04 Å². The second kappa shape index (κ2) is 7.18. The molecule has 1 N–H and O–H groups in total. The van der Waals surface area contributed by atoms with Gasteiger partial charge in [0.1, 0.15) is 16.8 Å². The van der Waals surface area contributed by atoms with E-state index < -0.39 is 0 Å². The predicted octanol–water partition coefficient (Wildman–Crippen LogP) is 3.68. The van der Waals surface area contributed by atoms with Crippen LogP contribution < -0.4 is 5.32 Å². The number of nitrogens with zero attached hydrogens (tertiary/aromatic N) is 2. The van der Waals surface area contributed by atoms with Gasteiger partial charge in [-0.05, 0) is 32.3 Å². The van der Waals surface area contributed by atoms with Crippen molar-refractivity contribution in [1.82, 2.24) is 9.97 Å². The molecule has 0 saturated carbocycles. The van der Waals surface area contributed by atoms with Gasteiger partial charge in [-0.1, -0.05) is 41.9 Å². The van der Waals surface area contributed by atoms with Crippen LogP contribution in [0.4, 0.5) is 5.82 Å². The summed E-state index contributed by atoms with van der Waals surface area (Å²) in [5, 5.41) is 3.44. The van der Waals surface area contributed by atoms with Crippen molar-refractivity contribution in [2.75, 3.05) is 5.32 Å². The maximum Gasteiger partial charge on any atom is 0.156 e. The van der Waals surface area contributed by atoms with E-state index >= 15 is 0 Å². The van der Waals surface area contributed by atoms with Crippen molar-refractivity contribution in [3.05, 3.63) is 52.4 Å². The maximum absolute atomic E-state index is 11.1. The summed E-state index contributed by atoms with van der Waals surface area (Å²) in [6.45, 7) is 3.81. The van der Waals surface area contributed by atoms with E-state index in [1.165, 1.54) is 5.56 Å². The number of nitrogens with one attached hydrogen (secondary N) is 1. The minimum atomic E-state index is 0.175. The van der Waals surface area contributed by atoms with Crippen LogP contribution in [0.5, 0.6) is 0 Å². The van der Waals surface area contributed by atoms with Crippen molar-refractivity contribution in [2.45, 2.75) is 32.7 Å². The first-order valence-electron chi connectivity index (χ1n) is 6.90. The highest BCUT2D eigenvalue weighted by molar-refractivity contribution is 6.32. The third kappa shape index (κ3) is 4.26. The standard InChI is InChI=1S/C16H18ClN3O/c1-11(8-9-13-6-4-3-5-7-13)18-16-14(10-21)15(17)19-12(2)20-16/h3-7,10-11H,8-9H2,1-2H3,(H,18,19,20). The SMILES string of the molecule is Cc1nc(Cl)c(C=O)c(NC(C)CCc2ccccc2)n1. The topological polar surface area (TPSA) is 54.9 Å².